The summed E-state index contributed by atoms with van der Waals surface area (Å²) in [5, 5.41) is 10.5. The maximum atomic E-state index is 13.6. The fraction of sp³-hybridized carbons (Fsp3) is 0.379. The number of nitrogens with zero attached hydrogens (tertiary/aromatic N) is 6. The summed E-state index contributed by atoms with van der Waals surface area (Å²) < 4.78 is 17.3. The summed E-state index contributed by atoms with van der Waals surface area (Å²) in [5.41, 5.74) is 7.24. The van der Waals surface area contributed by atoms with Crippen LogP contribution in [0.4, 0.5) is 4.39 Å². The number of halogens is 1. The topological polar surface area (TPSA) is 61.4 Å². The number of aromatic nitrogens is 6. The van der Waals surface area contributed by atoms with Gasteiger partial charge in [-0.2, -0.15) is 5.10 Å². The van der Waals surface area contributed by atoms with Crippen molar-refractivity contribution in [3.63, 3.8) is 0 Å². The predicted octanol–water partition coefficient (Wildman–Crippen LogP) is 5.93. The number of rotatable bonds is 6. The van der Waals surface area contributed by atoms with E-state index in [4.69, 9.17) is 10.1 Å². The van der Waals surface area contributed by atoms with Crippen LogP contribution in [0.1, 0.15) is 60.5 Å². The maximum Gasteiger partial charge on any atom is 0.208 e. The van der Waals surface area contributed by atoms with Crippen LogP contribution in [0, 0.1) is 11.2 Å². The molecule has 188 valence electrons. The largest absolute Gasteiger partial charge is 0.261 e. The Kier molecular flexibility index (Phi) is 5.53. The summed E-state index contributed by atoms with van der Waals surface area (Å²) in [6, 6.07) is 11.1. The SMILES string of the molecule is Cn1cnc(S[C@H]2CCC3=Cc4c(cnn4-c4ccc(F)cc4)C[C@]3(Cc3ccc(C4CC4)cn3)C2)n1. The molecule has 0 amide bonds. The quantitative estimate of drug-likeness (QED) is 0.321. The molecule has 4 aromatic rings. The molecule has 1 aromatic carbocycles. The van der Waals surface area contributed by atoms with Crippen LogP contribution in [0.3, 0.4) is 0 Å². The molecular formula is C29H29FN6S. The molecule has 0 saturated heterocycles. The third-order valence-corrected chi connectivity index (χ3v) is 9.23. The molecule has 0 unspecified atom stereocenters. The Labute approximate surface area is 220 Å². The molecule has 7 rings (SSSR count). The van der Waals surface area contributed by atoms with Crippen molar-refractivity contribution in [2.24, 2.45) is 12.5 Å². The molecule has 3 heterocycles. The van der Waals surface area contributed by atoms with E-state index in [1.165, 1.54) is 41.7 Å². The van der Waals surface area contributed by atoms with E-state index in [1.54, 1.807) is 34.9 Å². The minimum absolute atomic E-state index is 0.0115. The van der Waals surface area contributed by atoms with Crippen LogP contribution in [0.2, 0.25) is 0 Å². The number of pyridine rings is 1. The van der Waals surface area contributed by atoms with Gasteiger partial charge in [-0.05, 0) is 98.4 Å². The highest BCUT2D eigenvalue weighted by atomic mass is 32.2. The summed E-state index contributed by atoms with van der Waals surface area (Å²) in [4.78, 5) is 9.41. The summed E-state index contributed by atoms with van der Waals surface area (Å²) in [6.45, 7) is 0. The third-order valence-electron chi connectivity index (χ3n) is 8.10. The highest BCUT2D eigenvalue weighted by molar-refractivity contribution is 7.99. The molecule has 3 aliphatic rings. The number of hydrogen-bond donors (Lipinski definition) is 0. The molecule has 37 heavy (non-hydrogen) atoms. The maximum absolute atomic E-state index is 13.6. The van der Waals surface area contributed by atoms with Gasteiger partial charge in [-0.15, -0.1) is 5.10 Å². The van der Waals surface area contributed by atoms with Gasteiger partial charge in [0.15, 0.2) is 0 Å². The van der Waals surface area contributed by atoms with E-state index in [1.807, 2.05) is 17.9 Å². The summed E-state index contributed by atoms with van der Waals surface area (Å²) in [5.74, 6) is 0.478. The monoisotopic (exact) mass is 512 g/mol. The van der Waals surface area contributed by atoms with Gasteiger partial charge in [-0.3, -0.25) is 9.67 Å². The van der Waals surface area contributed by atoms with Gasteiger partial charge < -0.3 is 0 Å². The number of fused-ring (bicyclic) bond motifs is 2. The molecule has 0 bridgehead atoms. The van der Waals surface area contributed by atoms with Crippen molar-refractivity contribution < 1.29 is 4.39 Å². The highest BCUT2D eigenvalue weighted by Gasteiger charge is 2.44. The molecule has 0 radical (unpaired) electrons. The van der Waals surface area contributed by atoms with Crippen LogP contribution < -0.4 is 0 Å². The number of aryl methyl sites for hydroxylation is 1. The molecule has 2 fully saturated rings. The first kappa shape index (κ1) is 22.9. The fourth-order valence-electron chi connectivity index (χ4n) is 6.08. The fourth-order valence-corrected chi connectivity index (χ4v) is 7.30. The van der Waals surface area contributed by atoms with Crippen LogP contribution in [0.15, 0.2) is 65.8 Å². The van der Waals surface area contributed by atoms with Crippen LogP contribution in [0.5, 0.6) is 0 Å². The van der Waals surface area contributed by atoms with Crippen LogP contribution in [-0.2, 0) is 19.9 Å². The highest BCUT2D eigenvalue weighted by Crippen LogP contribution is 2.53. The van der Waals surface area contributed by atoms with Crippen molar-refractivity contribution in [3.05, 3.63) is 89.0 Å². The van der Waals surface area contributed by atoms with E-state index in [0.29, 0.717) is 11.2 Å². The van der Waals surface area contributed by atoms with Crippen LogP contribution in [-0.4, -0.2) is 34.8 Å². The lowest BCUT2D eigenvalue weighted by atomic mass is 9.62. The van der Waals surface area contributed by atoms with E-state index in [0.717, 1.165) is 54.3 Å². The van der Waals surface area contributed by atoms with Crippen LogP contribution >= 0.6 is 11.8 Å². The van der Waals surface area contributed by atoms with Gasteiger partial charge in [0.1, 0.15) is 12.1 Å². The van der Waals surface area contributed by atoms with Gasteiger partial charge in [0.05, 0.1) is 17.6 Å². The normalized spacial score (nSPS) is 22.9. The Morgan fingerprint density at radius 1 is 1.05 bits per heavy atom. The standard InChI is InChI=1S/C29H29FN6S/c1-35-18-32-28(34-35)37-26-11-5-22-12-27-21(17-33-36(27)25-9-6-23(30)7-10-25)13-29(22,15-26)14-24-8-4-20(16-31-24)19-2-3-19/h4,6-10,12,16-19,26H,2-3,5,11,13-15H2,1H3/t26-,29-/m0/s1. The lowest BCUT2D eigenvalue weighted by Gasteiger charge is -2.45. The lowest BCUT2D eigenvalue weighted by molar-refractivity contribution is 0.270. The molecule has 3 aromatic heterocycles. The Morgan fingerprint density at radius 2 is 1.92 bits per heavy atom. The number of hydrogen-bond acceptors (Lipinski definition) is 5. The number of thioether (sulfide) groups is 1. The molecule has 2 saturated carbocycles. The van der Waals surface area contributed by atoms with Crippen molar-refractivity contribution in [3.8, 4) is 5.69 Å². The Balaban J connectivity index is 1.23. The molecule has 0 spiro atoms. The zero-order valence-corrected chi connectivity index (χ0v) is 21.7. The molecular weight excluding hydrogens is 483 g/mol. The molecule has 6 nitrogen and oxygen atoms in total. The molecule has 3 aliphatic carbocycles. The minimum atomic E-state index is -0.236. The van der Waals surface area contributed by atoms with Gasteiger partial charge >= 0.3 is 0 Å². The van der Waals surface area contributed by atoms with Gasteiger partial charge in [0.2, 0.25) is 5.16 Å². The van der Waals surface area contributed by atoms with Crippen molar-refractivity contribution in [1.82, 2.24) is 29.5 Å². The zero-order valence-electron chi connectivity index (χ0n) is 20.8. The first-order valence-electron chi connectivity index (χ1n) is 13.1. The first-order chi connectivity index (χ1) is 18.0. The first-order valence-corrected chi connectivity index (χ1v) is 13.9. The van der Waals surface area contributed by atoms with Gasteiger partial charge in [-0.25, -0.2) is 14.1 Å². The van der Waals surface area contributed by atoms with E-state index in [2.05, 4.69) is 34.5 Å². The van der Waals surface area contributed by atoms with E-state index < -0.39 is 0 Å². The smallest absolute Gasteiger partial charge is 0.208 e. The Bertz CT molecular complexity index is 1470. The Hall–Kier alpha value is -3.26. The second kappa shape index (κ2) is 8.94. The van der Waals surface area contributed by atoms with Crippen molar-refractivity contribution in [2.45, 2.75) is 61.3 Å². The molecule has 0 aliphatic heterocycles. The number of benzene rings is 1. The Morgan fingerprint density at radius 3 is 2.65 bits per heavy atom. The van der Waals surface area contributed by atoms with E-state index in [9.17, 15) is 4.39 Å². The zero-order chi connectivity index (χ0) is 25.0. The van der Waals surface area contributed by atoms with Crippen molar-refractivity contribution >= 4 is 17.8 Å². The second-order valence-electron chi connectivity index (χ2n) is 10.8. The third kappa shape index (κ3) is 4.41. The van der Waals surface area contributed by atoms with Crippen LogP contribution in [0.25, 0.3) is 11.8 Å². The lowest BCUT2D eigenvalue weighted by Crippen LogP contribution is -2.38. The molecule has 0 N–H and O–H groups in total. The van der Waals surface area contributed by atoms with E-state index >= 15 is 0 Å². The predicted molar refractivity (Wildman–Crippen MR) is 142 cm³/mol. The minimum Gasteiger partial charge on any atom is -0.261 e. The van der Waals surface area contributed by atoms with Crippen molar-refractivity contribution in [2.75, 3.05) is 0 Å². The van der Waals surface area contributed by atoms with Crippen molar-refractivity contribution in [1.29, 1.82) is 0 Å². The summed E-state index contributed by atoms with van der Waals surface area (Å²) in [7, 11) is 1.92. The number of allylic oxidation sites excluding steroid dienone is 1. The second-order valence-corrected chi connectivity index (χ2v) is 12.1. The van der Waals surface area contributed by atoms with Gasteiger partial charge in [0.25, 0.3) is 0 Å². The summed E-state index contributed by atoms with van der Waals surface area (Å²) in [6.07, 6.45) is 15.8. The van der Waals surface area contributed by atoms with Gasteiger partial charge in [-0.1, -0.05) is 23.4 Å². The van der Waals surface area contributed by atoms with Gasteiger partial charge in [0, 0.05) is 29.6 Å². The average molecular weight is 513 g/mol. The van der Waals surface area contributed by atoms with E-state index in [-0.39, 0.29) is 11.2 Å². The average Bonchev–Trinajstić information content (AvgIpc) is 3.55. The molecule has 2 atom stereocenters. The summed E-state index contributed by atoms with van der Waals surface area (Å²) >= 11 is 1.80. The molecule has 8 heteroatoms.